The average Bonchev–Trinajstić information content (AvgIpc) is 3.53. The highest BCUT2D eigenvalue weighted by molar-refractivity contribution is 6.11. The molecular weight excluding hydrogens is 499 g/mol. The number of carbonyl (C=O) groups excluding carboxylic acids is 1. The number of aromatic amines is 2. The molecule has 9 nitrogen and oxygen atoms in total. The van der Waals surface area contributed by atoms with E-state index >= 15 is 0 Å². The van der Waals surface area contributed by atoms with E-state index < -0.39 is 11.7 Å². The van der Waals surface area contributed by atoms with Crippen molar-refractivity contribution in [3.05, 3.63) is 71.9 Å². The Morgan fingerprint density at radius 1 is 1.03 bits per heavy atom. The summed E-state index contributed by atoms with van der Waals surface area (Å²) < 4.78 is 45.9. The number of nitrogens with zero attached hydrogens (tertiary/aromatic N) is 3. The van der Waals surface area contributed by atoms with Crippen LogP contribution in [0.4, 0.5) is 36.2 Å². The van der Waals surface area contributed by atoms with Gasteiger partial charge in [0.05, 0.1) is 58.5 Å². The van der Waals surface area contributed by atoms with Crippen molar-refractivity contribution in [1.29, 1.82) is 0 Å². The molecule has 6 rings (SSSR count). The maximum Gasteiger partial charge on any atom is 0.418 e. The molecule has 1 fully saturated rings. The number of nitrogens with one attached hydrogen (secondary N) is 4. The number of amides is 1. The highest BCUT2D eigenvalue weighted by Gasteiger charge is 2.33. The number of fused-ring (bicyclic) bond motifs is 2. The summed E-state index contributed by atoms with van der Waals surface area (Å²) >= 11 is 0. The number of carbonyl (C=O) groups is 1. The number of aromatic nitrogens is 4. The van der Waals surface area contributed by atoms with Crippen molar-refractivity contribution in [3.63, 3.8) is 0 Å². The van der Waals surface area contributed by atoms with E-state index in [2.05, 4.69) is 30.8 Å². The molecule has 12 heteroatoms. The molecule has 2 aromatic heterocycles. The first-order valence-electron chi connectivity index (χ1n) is 11.9. The molecule has 0 radical (unpaired) electrons. The number of hydrogen-bond acceptors (Lipinski definition) is 6. The predicted molar refractivity (Wildman–Crippen MR) is 138 cm³/mol. The van der Waals surface area contributed by atoms with Crippen molar-refractivity contribution in [1.82, 2.24) is 20.2 Å². The first-order chi connectivity index (χ1) is 18.3. The van der Waals surface area contributed by atoms with Gasteiger partial charge in [0.2, 0.25) is 5.95 Å². The maximum atomic E-state index is 13.5. The number of H-pyrrole nitrogens is 2. The van der Waals surface area contributed by atoms with E-state index in [1.807, 2.05) is 17.0 Å². The van der Waals surface area contributed by atoms with Gasteiger partial charge in [0.25, 0.3) is 5.91 Å². The fourth-order valence-corrected chi connectivity index (χ4v) is 4.54. The maximum absolute atomic E-state index is 13.5. The molecule has 1 amide bonds. The van der Waals surface area contributed by atoms with Gasteiger partial charge in [-0.25, -0.2) is 4.98 Å². The number of para-hydroxylation sites is 1. The lowest BCUT2D eigenvalue weighted by atomic mass is 10.1. The molecule has 0 spiro atoms. The van der Waals surface area contributed by atoms with Crippen LogP contribution in [-0.4, -0.2) is 52.4 Å². The summed E-state index contributed by atoms with van der Waals surface area (Å²) in [4.78, 5) is 23.0. The van der Waals surface area contributed by atoms with E-state index in [9.17, 15) is 18.0 Å². The first kappa shape index (κ1) is 23.8. The Bertz CT molecular complexity index is 1640. The summed E-state index contributed by atoms with van der Waals surface area (Å²) in [5, 5.41) is 13.4. The lowest BCUT2D eigenvalue weighted by Gasteiger charge is -2.30. The van der Waals surface area contributed by atoms with Gasteiger partial charge >= 0.3 is 6.18 Å². The number of morpholine rings is 1. The largest absolute Gasteiger partial charge is 0.418 e. The molecule has 3 aromatic carbocycles. The fraction of sp³-hybridized carbons (Fsp3) is 0.192. The van der Waals surface area contributed by atoms with Crippen LogP contribution in [0.15, 0.2) is 60.8 Å². The zero-order chi connectivity index (χ0) is 26.3. The third-order valence-corrected chi connectivity index (χ3v) is 6.38. The lowest BCUT2D eigenvalue weighted by Crippen LogP contribution is -2.37. The molecule has 0 aliphatic carbocycles. The highest BCUT2D eigenvalue weighted by atomic mass is 19.4. The van der Waals surface area contributed by atoms with Crippen molar-refractivity contribution in [2.75, 3.05) is 41.8 Å². The minimum absolute atomic E-state index is 0.125. The van der Waals surface area contributed by atoms with E-state index in [1.54, 1.807) is 24.4 Å². The number of ether oxygens (including phenoxy) is 1. The van der Waals surface area contributed by atoms with Crippen LogP contribution in [0.5, 0.6) is 0 Å². The minimum Gasteiger partial charge on any atom is -0.378 e. The first-order valence-corrected chi connectivity index (χ1v) is 11.9. The van der Waals surface area contributed by atoms with Crippen LogP contribution in [-0.2, 0) is 10.9 Å². The van der Waals surface area contributed by atoms with E-state index in [1.165, 1.54) is 18.2 Å². The molecular formula is C26H22F3N7O2. The number of rotatable bonds is 5. The van der Waals surface area contributed by atoms with Gasteiger partial charge < -0.3 is 25.3 Å². The van der Waals surface area contributed by atoms with Crippen LogP contribution < -0.4 is 15.5 Å². The normalized spacial score (nSPS) is 14.2. The van der Waals surface area contributed by atoms with Crippen LogP contribution >= 0.6 is 0 Å². The number of halogens is 3. The van der Waals surface area contributed by atoms with E-state index in [-0.39, 0.29) is 17.5 Å². The van der Waals surface area contributed by atoms with E-state index in [4.69, 9.17) is 4.74 Å². The molecule has 0 unspecified atom stereocenters. The Hall–Kier alpha value is -4.58. The summed E-state index contributed by atoms with van der Waals surface area (Å²) in [7, 11) is 0. The van der Waals surface area contributed by atoms with Crippen LogP contribution in [0.3, 0.4) is 0 Å². The van der Waals surface area contributed by atoms with Crippen LogP contribution in [0.25, 0.3) is 21.9 Å². The number of alkyl halides is 3. The molecule has 3 heterocycles. The molecule has 1 aliphatic heterocycles. The van der Waals surface area contributed by atoms with Crippen LogP contribution in [0, 0.1) is 0 Å². The van der Waals surface area contributed by atoms with Gasteiger partial charge in [-0.3, -0.25) is 9.89 Å². The Balaban J connectivity index is 1.36. The minimum atomic E-state index is -4.52. The smallest absolute Gasteiger partial charge is 0.378 e. The quantitative estimate of drug-likeness (QED) is 0.250. The fourth-order valence-electron chi connectivity index (χ4n) is 4.54. The second kappa shape index (κ2) is 9.38. The van der Waals surface area contributed by atoms with Gasteiger partial charge in [0.15, 0.2) is 0 Å². The predicted octanol–water partition coefficient (Wildman–Crippen LogP) is 5.29. The standard InChI is InChI=1S/C26H22F3N7O2/c27-26(28,29)18-3-1-2-4-20(18)32-25-33-21-12-17(23(13-22(21)34-25)36-7-9-38-10-8-36)24(37)31-16-5-6-19-15(11-16)14-30-35-19/h1-6,11-14H,7-10H2,(H,30,35)(H,31,37)(H2,32,33,34). The van der Waals surface area contributed by atoms with Crippen LogP contribution in [0.1, 0.15) is 15.9 Å². The Kier molecular flexibility index (Phi) is 5.87. The number of anilines is 4. The van der Waals surface area contributed by atoms with Crippen molar-refractivity contribution in [2.45, 2.75) is 6.18 Å². The van der Waals surface area contributed by atoms with Gasteiger partial charge in [0, 0.05) is 24.2 Å². The zero-order valence-corrected chi connectivity index (χ0v) is 19.9. The highest BCUT2D eigenvalue weighted by Crippen LogP contribution is 2.36. The molecule has 1 aliphatic rings. The van der Waals surface area contributed by atoms with Crippen molar-refractivity contribution in [3.8, 4) is 0 Å². The molecule has 0 bridgehead atoms. The van der Waals surface area contributed by atoms with Gasteiger partial charge in [0.1, 0.15) is 0 Å². The summed E-state index contributed by atoms with van der Waals surface area (Å²) in [6, 6.07) is 14.1. The van der Waals surface area contributed by atoms with Gasteiger partial charge in [-0.1, -0.05) is 12.1 Å². The number of benzene rings is 3. The Morgan fingerprint density at radius 2 is 1.84 bits per heavy atom. The summed E-state index contributed by atoms with van der Waals surface area (Å²) in [6.07, 6.45) is -2.85. The molecule has 0 atom stereocenters. The Morgan fingerprint density at radius 3 is 2.66 bits per heavy atom. The summed E-state index contributed by atoms with van der Waals surface area (Å²) in [5.41, 5.74) is 2.60. The molecule has 0 saturated carbocycles. The zero-order valence-electron chi connectivity index (χ0n) is 19.9. The number of imidazole rings is 1. The second-order valence-corrected chi connectivity index (χ2v) is 8.87. The topological polar surface area (TPSA) is 111 Å². The SMILES string of the molecule is O=C(Nc1ccc2[nH]ncc2c1)c1cc2[nH]c(Nc3ccccc3C(F)(F)F)nc2cc1N1CCOCC1. The lowest BCUT2D eigenvalue weighted by molar-refractivity contribution is -0.136. The number of hydrogen-bond donors (Lipinski definition) is 4. The third kappa shape index (κ3) is 4.61. The second-order valence-electron chi connectivity index (χ2n) is 8.87. The average molecular weight is 522 g/mol. The van der Waals surface area contributed by atoms with Crippen LogP contribution in [0.2, 0.25) is 0 Å². The molecule has 38 heavy (non-hydrogen) atoms. The van der Waals surface area contributed by atoms with Crippen molar-refractivity contribution < 1.29 is 22.7 Å². The summed E-state index contributed by atoms with van der Waals surface area (Å²) in [5.74, 6) is -0.199. The van der Waals surface area contributed by atoms with Crippen molar-refractivity contribution >= 4 is 50.9 Å². The Labute approximate surface area is 214 Å². The van der Waals surface area contributed by atoms with Gasteiger partial charge in [-0.15, -0.1) is 0 Å². The van der Waals surface area contributed by atoms with Gasteiger partial charge in [-0.05, 0) is 42.5 Å². The monoisotopic (exact) mass is 521 g/mol. The molecule has 1 saturated heterocycles. The third-order valence-electron chi connectivity index (χ3n) is 6.38. The molecule has 194 valence electrons. The van der Waals surface area contributed by atoms with Gasteiger partial charge in [-0.2, -0.15) is 18.3 Å². The van der Waals surface area contributed by atoms with E-state index in [0.717, 1.165) is 17.0 Å². The molecule has 4 N–H and O–H groups in total. The summed E-state index contributed by atoms with van der Waals surface area (Å²) in [6.45, 7) is 2.19. The van der Waals surface area contributed by atoms with E-state index in [0.29, 0.717) is 54.3 Å². The molecule has 5 aromatic rings. The van der Waals surface area contributed by atoms with Crippen molar-refractivity contribution in [2.24, 2.45) is 0 Å².